The number of carbonyl (C=O) groups excluding carboxylic acids is 2. The monoisotopic (exact) mass is 528 g/mol. The number of amides is 1. The Morgan fingerprint density at radius 2 is 1.76 bits per heavy atom. The number of unbranched alkanes of at least 4 members (excludes halogenated alkanes) is 3. The van der Waals surface area contributed by atoms with Gasteiger partial charge in [-0.2, -0.15) is 0 Å². The molecule has 0 saturated heterocycles. The van der Waals surface area contributed by atoms with Gasteiger partial charge in [0.15, 0.2) is 5.96 Å². The maximum atomic E-state index is 11.9. The molecule has 0 heterocycles. The van der Waals surface area contributed by atoms with Gasteiger partial charge < -0.3 is 25.4 Å². The summed E-state index contributed by atoms with van der Waals surface area (Å²) in [6, 6.07) is 0.0676. The van der Waals surface area contributed by atoms with Gasteiger partial charge in [-0.05, 0) is 40.0 Å². The van der Waals surface area contributed by atoms with Gasteiger partial charge in [0, 0.05) is 32.6 Å². The summed E-state index contributed by atoms with van der Waals surface area (Å²) < 4.78 is 9.93. The molecule has 29 heavy (non-hydrogen) atoms. The molecule has 0 aliphatic heterocycles. The third-order valence-electron chi connectivity index (χ3n) is 3.94. The number of halogens is 1. The second-order valence-electron chi connectivity index (χ2n) is 7.75. The van der Waals surface area contributed by atoms with Crippen molar-refractivity contribution in [2.45, 2.75) is 84.3 Å². The molecule has 0 saturated carbocycles. The molecule has 1 atom stereocenters. The van der Waals surface area contributed by atoms with Gasteiger partial charge in [-0.1, -0.05) is 26.2 Å². The lowest BCUT2D eigenvalue weighted by molar-refractivity contribution is -0.140. The number of nitrogens with one attached hydrogen (secondary N) is 3. The molecule has 0 aromatic carbocycles. The van der Waals surface area contributed by atoms with Crippen LogP contribution in [0.15, 0.2) is 4.99 Å². The van der Waals surface area contributed by atoms with E-state index in [-0.39, 0.29) is 36.0 Å². The summed E-state index contributed by atoms with van der Waals surface area (Å²) in [6.45, 7) is 8.90. The van der Waals surface area contributed by atoms with E-state index in [2.05, 4.69) is 32.6 Å². The van der Waals surface area contributed by atoms with Gasteiger partial charge in [-0.3, -0.25) is 9.79 Å². The highest BCUT2D eigenvalue weighted by Crippen LogP contribution is 2.07. The van der Waals surface area contributed by atoms with Crippen LogP contribution in [0.3, 0.4) is 0 Å². The van der Waals surface area contributed by atoms with E-state index in [1.807, 2.05) is 20.8 Å². The minimum absolute atomic E-state index is 0. The molecule has 0 aromatic rings. The Hall–Kier alpha value is -1.26. The Balaban J connectivity index is 0. The number of carbonyl (C=O) groups is 2. The van der Waals surface area contributed by atoms with Crippen molar-refractivity contribution in [2.24, 2.45) is 4.99 Å². The lowest BCUT2D eigenvalue weighted by atomic mass is 10.1. The number of hydrogen-bond donors (Lipinski definition) is 3. The van der Waals surface area contributed by atoms with Crippen LogP contribution in [-0.2, 0) is 14.3 Å². The van der Waals surface area contributed by atoms with Crippen LogP contribution >= 0.6 is 24.0 Å². The van der Waals surface area contributed by atoms with E-state index >= 15 is 0 Å². The highest BCUT2D eigenvalue weighted by Gasteiger charge is 2.18. The Labute approximate surface area is 193 Å². The van der Waals surface area contributed by atoms with E-state index in [1.54, 1.807) is 7.05 Å². The van der Waals surface area contributed by atoms with Crippen LogP contribution in [0.1, 0.15) is 72.6 Å². The minimum Gasteiger partial charge on any atom is -0.469 e. The molecular formula is C20H41IN4O4. The van der Waals surface area contributed by atoms with Crippen LogP contribution in [0.25, 0.3) is 0 Å². The van der Waals surface area contributed by atoms with Crippen molar-refractivity contribution in [3.63, 3.8) is 0 Å². The molecule has 0 fully saturated rings. The first-order chi connectivity index (χ1) is 13.2. The normalized spacial score (nSPS) is 12.4. The third kappa shape index (κ3) is 18.5. The number of ether oxygens (including phenoxy) is 2. The van der Waals surface area contributed by atoms with Crippen molar-refractivity contribution in [1.29, 1.82) is 0 Å². The Morgan fingerprint density at radius 1 is 1.07 bits per heavy atom. The number of rotatable bonds is 12. The van der Waals surface area contributed by atoms with E-state index < -0.39 is 11.7 Å². The lowest BCUT2D eigenvalue weighted by Crippen LogP contribution is -2.49. The molecule has 1 amide bonds. The van der Waals surface area contributed by atoms with Gasteiger partial charge in [0.05, 0.1) is 7.11 Å². The first-order valence-corrected chi connectivity index (χ1v) is 10.2. The zero-order valence-corrected chi connectivity index (χ0v) is 21.3. The summed E-state index contributed by atoms with van der Waals surface area (Å²) in [5, 5.41) is 9.48. The second kappa shape index (κ2) is 17.6. The SMILES string of the molecule is CCCCC(CNC(=O)OC(C)(C)C)NC(=NC)NCCCCCC(=O)OC.I. The number of aliphatic imine (C=N–C) groups is 1. The van der Waals surface area contributed by atoms with Gasteiger partial charge in [-0.15, -0.1) is 24.0 Å². The number of methoxy groups -OCH3 is 1. The first-order valence-electron chi connectivity index (χ1n) is 10.2. The van der Waals surface area contributed by atoms with Gasteiger partial charge in [0.1, 0.15) is 5.60 Å². The summed E-state index contributed by atoms with van der Waals surface area (Å²) in [4.78, 5) is 27.2. The standard InChI is InChI=1S/C20H40N4O4.HI/c1-7-8-12-16(15-23-19(26)28-20(2,3)4)24-18(21-5)22-14-11-9-10-13-17(25)27-6;/h16H,7-15H2,1-6H3,(H,23,26)(H2,21,22,24);1H. The fourth-order valence-electron chi connectivity index (χ4n) is 2.46. The van der Waals surface area contributed by atoms with Crippen molar-refractivity contribution in [3.05, 3.63) is 0 Å². The van der Waals surface area contributed by atoms with Crippen molar-refractivity contribution in [2.75, 3.05) is 27.2 Å². The second-order valence-corrected chi connectivity index (χ2v) is 7.75. The predicted octanol–water partition coefficient (Wildman–Crippen LogP) is 3.59. The molecule has 0 aliphatic rings. The molecule has 0 aliphatic carbocycles. The van der Waals surface area contributed by atoms with Crippen LogP contribution in [0.2, 0.25) is 0 Å². The van der Waals surface area contributed by atoms with Crippen LogP contribution in [0.4, 0.5) is 4.79 Å². The van der Waals surface area contributed by atoms with Gasteiger partial charge in [-0.25, -0.2) is 4.79 Å². The molecule has 1 unspecified atom stereocenters. The Bertz CT molecular complexity index is 482. The summed E-state index contributed by atoms with van der Waals surface area (Å²) in [5.74, 6) is 0.543. The summed E-state index contributed by atoms with van der Waals surface area (Å²) >= 11 is 0. The van der Waals surface area contributed by atoms with Crippen LogP contribution < -0.4 is 16.0 Å². The highest BCUT2D eigenvalue weighted by molar-refractivity contribution is 14.0. The van der Waals surface area contributed by atoms with E-state index in [1.165, 1.54) is 7.11 Å². The average Bonchev–Trinajstić information content (AvgIpc) is 2.63. The summed E-state index contributed by atoms with van der Waals surface area (Å²) in [7, 11) is 3.14. The minimum atomic E-state index is -0.512. The number of guanidine groups is 1. The molecule has 0 radical (unpaired) electrons. The highest BCUT2D eigenvalue weighted by atomic mass is 127. The van der Waals surface area contributed by atoms with Crippen molar-refractivity contribution < 1.29 is 19.1 Å². The van der Waals surface area contributed by atoms with Crippen molar-refractivity contribution in [3.8, 4) is 0 Å². The molecule has 0 bridgehead atoms. The summed E-state index contributed by atoms with van der Waals surface area (Å²) in [5.41, 5.74) is -0.512. The molecule has 0 rings (SSSR count). The maximum absolute atomic E-state index is 11.9. The molecule has 3 N–H and O–H groups in total. The van der Waals surface area contributed by atoms with Crippen LogP contribution in [0, 0.1) is 0 Å². The predicted molar refractivity (Wildman–Crippen MR) is 128 cm³/mol. The van der Waals surface area contributed by atoms with E-state index in [0.717, 1.165) is 45.1 Å². The fourth-order valence-corrected chi connectivity index (χ4v) is 2.46. The van der Waals surface area contributed by atoms with E-state index in [9.17, 15) is 9.59 Å². The first kappa shape index (κ1) is 29.9. The number of nitrogens with zero attached hydrogens (tertiary/aromatic N) is 1. The topological polar surface area (TPSA) is 101 Å². The van der Waals surface area contributed by atoms with Crippen LogP contribution in [0.5, 0.6) is 0 Å². The molecule has 172 valence electrons. The largest absolute Gasteiger partial charge is 0.469 e. The van der Waals surface area contributed by atoms with E-state index in [0.29, 0.717) is 18.9 Å². The number of alkyl carbamates (subject to hydrolysis) is 1. The average molecular weight is 528 g/mol. The lowest BCUT2D eigenvalue weighted by Gasteiger charge is -2.24. The maximum Gasteiger partial charge on any atom is 0.407 e. The van der Waals surface area contributed by atoms with Crippen LogP contribution in [-0.4, -0.2) is 56.9 Å². The summed E-state index contributed by atoms with van der Waals surface area (Å²) in [6.07, 6.45) is 5.80. The van der Waals surface area contributed by atoms with Gasteiger partial charge in [0.2, 0.25) is 0 Å². The fraction of sp³-hybridized carbons (Fsp3) is 0.850. The Kier molecular flexibility index (Phi) is 18.2. The number of hydrogen-bond acceptors (Lipinski definition) is 5. The molecule has 0 aromatic heterocycles. The Morgan fingerprint density at radius 3 is 2.31 bits per heavy atom. The molecule has 8 nitrogen and oxygen atoms in total. The van der Waals surface area contributed by atoms with E-state index in [4.69, 9.17) is 4.74 Å². The molecular weight excluding hydrogens is 487 g/mol. The number of esters is 1. The van der Waals surface area contributed by atoms with Crippen molar-refractivity contribution in [1.82, 2.24) is 16.0 Å². The van der Waals surface area contributed by atoms with Gasteiger partial charge >= 0.3 is 12.1 Å². The third-order valence-corrected chi connectivity index (χ3v) is 3.94. The van der Waals surface area contributed by atoms with Crippen molar-refractivity contribution >= 4 is 42.0 Å². The molecule has 0 spiro atoms. The zero-order chi connectivity index (χ0) is 21.4. The molecule has 9 heteroatoms. The zero-order valence-electron chi connectivity index (χ0n) is 18.9. The quantitative estimate of drug-likeness (QED) is 0.118. The van der Waals surface area contributed by atoms with Gasteiger partial charge in [0.25, 0.3) is 0 Å². The smallest absolute Gasteiger partial charge is 0.407 e.